The van der Waals surface area contributed by atoms with Crippen LogP contribution in [0.4, 0.5) is 0 Å². The predicted octanol–water partition coefficient (Wildman–Crippen LogP) is 1.25. The summed E-state index contributed by atoms with van der Waals surface area (Å²) >= 11 is 0. The molecule has 2 N–H and O–H groups in total. The third kappa shape index (κ3) is 3.82. The van der Waals surface area contributed by atoms with E-state index in [4.69, 9.17) is 4.52 Å². The topological polar surface area (TPSA) is 127 Å². The number of aromatic nitrogens is 5. The highest BCUT2D eigenvalue weighted by Crippen LogP contribution is 2.17. The molecule has 0 fully saturated rings. The van der Waals surface area contributed by atoms with Gasteiger partial charge in [-0.05, 0) is 32.9 Å². The minimum absolute atomic E-state index is 0.0810. The standard InChI is InChI=1S/C17H18N6O3/c1-9-13(16(25)21-11(3)19-9)7-14(24)20-10(2)17-22-15(23-26-17)12-5-4-6-18-8-12/h4-6,8,10H,7H2,1-3H3,(H,20,24)(H,19,21,25)/t10-/m1/s1. The monoisotopic (exact) mass is 354 g/mol. The van der Waals surface area contributed by atoms with Crippen molar-refractivity contribution in [2.24, 2.45) is 0 Å². The van der Waals surface area contributed by atoms with Crippen LogP contribution in [0.3, 0.4) is 0 Å². The van der Waals surface area contributed by atoms with Crippen LogP contribution < -0.4 is 10.9 Å². The summed E-state index contributed by atoms with van der Waals surface area (Å²) in [6, 6.07) is 3.08. The van der Waals surface area contributed by atoms with Gasteiger partial charge < -0.3 is 14.8 Å². The van der Waals surface area contributed by atoms with Crippen LogP contribution >= 0.6 is 0 Å². The smallest absolute Gasteiger partial charge is 0.254 e. The van der Waals surface area contributed by atoms with Crippen molar-refractivity contribution in [3.8, 4) is 11.4 Å². The van der Waals surface area contributed by atoms with Crippen LogP contribution in [0.15, 0.2) is 33.8 Å². The minimum Gasteiger partial charge on any atom is -0.344 e. The van der Waals surface area contributed by atoms with Crippen molar-refractivity contribution in [1.82, 2.24) is 30.4 Å². The summed E-state index contributed by atoms with van der Waals surface area (Å²) < 4.78 is 5.21. The van der Waals surface area contributed by atoms with Crippen LogP contribution in [0.25, 0.3) is 11.4 Å². The summed E-state index contributed by atoms with van der Waals surface area (Å²) in [7, 11) is 0. The largest absolute Gasteiger partial charge is 0.344 e. The van der Waals surface area contributed by atoms with Crippen LogP contribution in [0.1, 0.15) is 35.9 Å². The summed E-state index contributed by atoms with van der Waals surface area (Å²) in [4.78, 5) is 39.3. The van der Waals surface area contributed by atoms with Crippen molar-refractivity contribution in [1.29, 1.82) is 0 Å². The van der Waals surface area contributed by atoms with Gasteiger partial charge in [0.05, 0.1) is 6.42 Å². The van der Waals surface area contributed by atoms with Gasteiger partial charge in [0.2, 0.25) is 17.6 Å². The van der Waals surface area contributed by atoms with Gasteiger partial charge in [0.15, 0.2) is 0 Å². The van der Waals surface area contributed by atoms with Crippen LogP contribution in [-0.2, 0) is 11.2 Å². The number of hydrogen-bond acceptors (Lipinski definition) is 7. The maximum Gasteiger partial charge on any atom is 0.254 e. The molecule has 3 aromatic rings. The Kier molecular flexibility index (Phi) is 4.87. The molecule has 0 spiro atoms. The highest BCUT2D eigenvalue weighted by atomic mass is 16.5. The molecule has 0 saturated heterocycles. The zero-order valence-electron chi connectivity index (χ0n) is 14.6. The summed E-state index contributed by atoms with van der Waals surface area (Å²) in [5.74, 6) is 0.839. The molecule has 0 aliphatic rings. The first kappa shape index (κ1) is 17.5. The quantitative estimate of drug-likeness (QED) is 0.706. The first-order valence-electron chi connectivity index (χ1n) is 8.04. The fraction of sp³-hybridized carbons (Fsp3) is 0.294. The van der Waals surface area contributed by atoms with E-state index in [1.54, 1.807) is 39.2 Å². The lowest BCUT2D eigenvalue weighted by atomic mass is 10.1. The summed E-state index contributed by atoms with van der Waals surface area (Å²) in [6.07, 6.45) is 3.19. The maximum absolute atomic E-state index is 12.3. The molecular formula is C17H18N6O3. The Hall–Kier alpha value is -3.36. The van der Waals surface area contributed by atoms with E-state index in [9.17, 15) is 9.59 Å². The van der Waals surface area contributed by atoms with E-state index in [1.807, 2.05) is 6.07 Å². The lowest BCUT2D eigenvalue weighted by molar-refractivity contribution is -0.121. The highest BCUT2D eigenvalue weighted by Gasteiger charge is 2.19. The van der Waals surface area contributed by atoms with Gasteiger partial charge in [-0.15, -0.1) is 0 Å². The highest BCUT2D eigenvalue weighted by molar-refractivity contribution is 5.79. The van der Waals surface area contributed by atoms with Gasteiger partial charge in [-0.1, -0.05) is 5.16 Å². The van der Waals surface area contributed by atoms with Gasteiger partial charge >= 0.3 is 0 Å². The predicted molar refractivity (Wildman–Crippen MR) is 92.1 cm³/mol. The van der Waals surface area contributed by atoms with E-state index in [1.165, 1.54) is 0 Å². The normalized spacial score (nSPS) is 12.0. The minimum atomic E-state index is -0.502. The molecule has 3 rings (SSSR count). The lowest BCUT2D eigenvalue weighted by Crippen LogP contribution is -2.31. The van der Waals surface area contributed by atoms with Crippen LogP contribution in [0.2, 0.25) is 0 Å². The van der Waals surface area contributed by atoms with E-state index < -0.39 is 6.04 Å². The maximum atomic E-state index is 12.3. The van der Waals surface area contributed by atoms with E-state index in [2.05, 4.69) is 30.4 Å². The number of hydrogen-bond donors (Lipinski definition) is 2. The van der Waals surface area contributed by atoms with E-state index in [0.717, 1.165) is 0 Å². The third-order valence-corrected chi connectivity index (χ3v) is 3.79. The number of nitrogens with zero attached hydrogens (tertiary/aromatic N) is 4. The number of rotatable bonds is 5. The van der Waals surface area contributed by atoms with E-state index in [-0.39, 0.29) is 23.8 Å². The third-order valence-electron chi connectivity index (χ3n) is 3.79. The number of carbonyl (C=O) groups excluding carboxylic acids is 1. The Labute approximate surface area is 148 Å². The van der Waals surface area contributed by atoms with Crippen molar-refractivity contribution in [2.75, 3.05) is 0 Å². The Morgan fingerprint density at radius 1 is 1.35 bits per heavy atom. The molecule has 3 heterocycles. The van der Waals surface area contributed by atoms with Gasteiger partial charge in [0.1, 0.15) is 11.9 Å². The molecular weight excluding hydrogens is 336 g/mol. The summed E-state index contributed by atoms with van der Waals surface area (Å²) in [5.41, 5.74) is 1.27. The van der Waals surface area contributed by atoms with Gasteiger partial charge in [-0.25, -0.2) is 4.98 Å². The molecule has 0 saturated carbocycles. The number of amides is 1. The number of H-pyrrole nitrogens is 1. The number of aryl methyl sites for hydroxylation is 2. The second-order valence-electron chi connectivity index (χ2n) is 5.88. The lowest BCUT2D eigenvalue weighted by Gasteiger charge is -2.10. The van der Waals surface area contributed by atoms with Crippen molar-refractivity contribution in [3.63, 3.8) is 0 Å². The Balaban J connectivity index is 1.69. The molecule has 134 valence electrons. The SMILES string of the molecule is Cc1nc(C)c(CC(=O)N[C@H](C)c2nc(-c3cccnc3)no2)c(=O)[nH]1. The zero-order valence-corrected chi connectivity index (χ0v) is 14.6. The second-order valence-corrected chi connectivity index (χ2v) is 5.88. The molecule has 0 unspecified atom stereocenters. The first-order valence-corrected chi connectivity index (χ1v) is 8.04. The molecule has 0 radical (unpaired) electrons. The number of nitrogens with one attached hydrogen (secondary N) is 2. The fourth-order valence-electron chi connectivity index (χ4n) is 2.50. The molecule has 0 aromatic carbocycles. The Morgan fingerprint density at radius 3 is 2.85 bits per heavy atom. The van der Waals surface area contributed by atoms with Crippen molar-refractivity contribution >= 4 is 5.91 Å². The Morgan fingerprint density at radius 2 is 2.15 bits per heavy atom. The summed E-state index contributed by atoms with van der Waals surface area (Å²) in [5, 5.41) is 6.64. The van der Waals surface area contributed by atoms with Crippen molar-refractivity contribution < 1.29 is 9.32 Å². The van der Waals surface area contributed by atoms with Crippen molar-refractivity contribution in [2.45, 2.75) is 33.2 Å². The Bertz CT molecular complexity index is 980. The molecule has 0 aliphatic carbocycles. The van der Waals surface area contributed by atoms with Crippen molar-refractivity contribution in [3.05, 3.63) is 57.9 Å². The number of pyridine rings is 1. The van der Waals surface area contributed by atoms with Gasteiger partial charge in [0.25, 0.3) is 5.56 Å². The van der Waals surface area contributed by atoms with E-state index >= 15 is 0 Å². The zero-order chi connectivity index (χ0) is 18.7. The molecule has 9 heteroatoms. The van der Waals surface area contributed by atoms with Gasteiger partial charge in [-0.2, -0.15) is 4.98 Å². The fourth-order valence-corrected chi connectivity index (χ4v) is 2.50. The van der Waals surface area contributed by atoms with Gasteiger partial charge in [0, 0.05) is 29.2 Å². The molecule has 3 aromatic heterocycles. The van der Waals surface area contributed by atoms with Gasteiger partial charge in [-0.3, -0.25) is 14.6 Å². The molecule has 1 atom stereocenters. The molecule has 1 amide bonds. The number of carbonyl (C=O) groups is 1. The molecule has 0 bridgehead atoms. The molecule has 26 heavy (non-hydrogen) atoms. The average molecular weight is 354 g/mol. The summed E-state index contributed by atoms with van der Waals surface area (Å²) in [6.45, 7) is 5.12. The first-order chi connectivity index (χ1) is 12.4. The van der Waals surface area contributed by atoms with Crippen LogP contribution in [-0.4, -0.2) is 31.0 Å². The van der Waals surface area contributed by atoms with Crippen LogP contribution in [0, 0.1) is 13.8 Å². The molecule has 9 nitrogen and oxygen atoms in total. The van der Waals surface area contributed by atoms with Crippen LogP contribution in [0.5, 0.6) is 0 Å². The van der Waals surface area contributed by atoms with E-state index in [0.29, 0.717) is 28.5 Å². The second kappa shape index (κ2) is 7.26. The number of aromatic amines is 1. The molecule has 0 aliphatic heterocycles. The average Bonchev–Trinajstić information content (AvgIpc) is 3.09.